The van der Waals surface area contributed by atoms with E-state index in [0.29, 0.717) is 13.2 Å². The van der Waals surface area contributed by atoms with Crippen molar-refractivity contribution in [1.29, 1.82) is 0 Å². The molecule has 0 saturated carbocycles. The summed E-state index contributed by atoms with van der Waals surface area (Å²) in [5, 5.41) is 4.31. The van der Waals surface area contributed by atoms with Gasteiger partial charge in [0.2, 0.25) is 0 Å². The van der Waals surface area contributed by atoms with Crippen LogP contribution in [0.1, 0.15) is 45.1 Å². The molecule has 2 fully saturated rings. The van der Waals surface area contributed by atoms with Crippen molar-refractivity contribution in [2.75, 3.05) is 26.3 Å². The molecule has 1 amide bonds. The smallest absolute Gasteiger partial charge is 0.251 e. The Morgan fingerprint density at radius 3 is 3.04 bits per heavy atom. The van der Waals surface area contributed by atoms with Gasteiger partial charge in [0.05, 0.1) is 18.8 Å². The zero-order valence-corrected chi connectivity index (χ0v) is 13.9. The summed E-state index contributed by atoms with van der Waals surface area (Å²) >= 11 is 0. The fourth-order valence-corrected chi connectivity index (χ4v) is 3.39. The molecule has 3 atom stereocenters. The van der Waals surface area contributed by atoms with Crippen molar-refractivity contribution in [3.63, 3.8) is 0 Å². The monoisotopic (exact) mass is 321 g/mol. The van der Waals surface area contributed by atoms with Gasteiger partial charge in [-0.15, -0.1) is 0 Å². The number of hydrogen-bond acceptors (Lipinski definition) is 4. The quantitative estimate of drug-likeness (QED) is 0.832. The molecular weight excluding hydrogens is 294 g/mol. The summed E-state index contributed by atoms with van der Waals surface area (Å²) in [6.07, 6.45) is 8.93. The van der Waals surface area contributed by atoms with Crippen LogP contribution in [0.25, 0.3) is 0 Å². The Kier molecular flexibility index (Phi) is 5.67. The first-order chi connectivity index (χ1) is 11.2. The fourth-order valence-electron chi connectivity index (χ4n) is 3.39. The van der Waals surface area contributed by atoms with Crippen LogP contribution in [0, 0.1) is 0 Å². The van der Waals surface area contributed by atoms with Crippen LogP contribution in [0.4, 0.5) is 0 Å². The predicted molar refractivity (Wildman–Crippen MR) is 86.1 cm³/mol. The van der Waals surface area contributed by atoms with Gasteiger partial charge in [-0.1, -0.05) is 0 Å². The van der Waals surface area contributed by atoms with Crippen LogP contribution in [-0.4, -0.2) is 59.1 Å². The molecule has 0 aliphatic carbocycles. The summed E-state index contributed by atoms with van der Waals surface area (Å²) in [5.74, 6) is 0.0812. The van der Waals surface area contributed by atoms with Crippen LogP contribution in [0.5, 0.6) is 0 Å². The largest absolute Gasteiger partial charge is 0.376 e. The Morgan fingerprint density at radius 1 is 1.39 bits per heavy atom. The third-order valence-corrected chi connectivity index (χ3v) is 4.76. The molecule has 0 spiro atoms. The van der Waals surface area contributed by atoms with E-state index in [-0.39, 0.29) is 18.1 Å². The number of ether oxygens (including phenoxy) is 2. The maximum atomic E-state index is 12.6. The van der Waals surface area contributed by atoms with Gasteiger partial charge in [-0.2, -0.15) is 5.10 Å². The van der Waals surface area contributed by atoms with E-state index < -0.39 is 6.10 Å². The highest BCUT2D eigenvalue weighted by Crippen LogP contribution is 2.21. The lowest BCUT2D eigenvalue weighted by atomic mass is 10.1. The maximum Gasteiger partial charge on any atom is 0.251 e. The highest BCUT2D eigenvalue weighted by atomic mass is 16.5. The van der Waals surface area contributed by atoms with E-state index in [1.165, 1.54) is 6.42 Å². The standard InChI is InChI=1S/C17H27N3O3/c1-14(23-13-16-7-2-3-11-22-16)17(21)19-9-4-6-15(12-19)20-10-5-8-18-20/h5,8,10,14-16H,2-4,6-7,9,11-13H2,1H3/t14-,15+,16-/m0/s1. The average Bonchev–Trinajstić information content (AvgIpc) is 3.15. The number of piperidine rings is 1. The van der Waals surface area contributed by atoms with Gasteiger partial charge in [-0.25, -0.2) is 0 Å². The van der Waals surface area contributed by atoms with E-state index in [2.05, 4.69) is 5.10 Å². The minimum absolute atomic E-state index is 0.0812. The van der Waals surface area contributed by atoms with Crippen LogP contribution >= 0.6 is 0 Å². The van der Waals surface area contributed by atoms with Gasteiger partial charge in [0, 0.05) is 32.1 Å². The molecule has 0 bridgehead atoms. The molecule has 3 heterocycles. The Balaban J connectivity index is 1.48. The molecule has 23 heavy (non-hydrogen) atoms. The zero-order valence-electron chi connectivity index (χ0n) is 13.9. The third kappa shape index (κ3) is 4.32. The van der Waals surface area contributed by atoms with Crippen molar-refractivity contribution >= 4 is 5.91 Å². The molecule has 6 heteroatoms. The predicted octanol–water partition coefficient (Wildman–Crippen LogP) is 2.02. The molecule has 2 aliphatic heterocycles. The van der Waals surface area contributed by atoms with E-state index in [1.54, 1.807) is 6.20 Å². The molecule has 1 aromatic rings. The molecule has 2 saturated heterocycles. The number of amides is 1. The first-order valence-electron chi connectivity index (χ1n) is 8.75. The first kappa shape index (κ1) is 16.5. The summed E-state index contributed by atoms with van der Waals surface area (Å²) in [7, 11) is 0. The van der Waals surface area contributed by atoms with Gasteiger partial charge in [0.25, 0.3) is 5.91 Å². The summed E-state index contributed by atoms with van der Waals surface area (Å²) in [6.45, 7) is 4.71. The fraction of sp³-hybridized carbons (Fsp3) is 0.765. The average molecular weight is 321 g/mol. The van der Waals surface area contributed by atoms with Gasteiger partial charge in [-0.05, 0) is 45.1 Å². The van der Waals surface area contributed by atoms with Crippen molar-refractivity contribution in [3.05, 3.63) is 18.5 Å². The van der Waals surface area contributed by atoms with Crippen LogP contribution in [0.2, 0.25) is 0 Å². The highest BCUT2D eigenvalue weighted by Gasteiger charge is 2.28. The van der Waals surface area contributed by atoms with Gasteiger partial charge in [-0.3, -0.25) is 9.48 Å². The Hall–Kier alpha value is -1.40. The number of carbonyl (C=O) groups is 1. The Morgan fingerprint density at radius 2 is 2.30 bits per heavy atom. The summed E-state index contributed by atoms with van der Waals surface area (Å²) in [5.41, 5.74) is 0. The number of likely N-dealkylation sites (tertiary alicyclic amines) is 1. The van der Waals surface area contributed by atoms with Gasteiger partial charge < -0.3 is 14.4 Å². The minimum atomic E-state index is -0.406. The van der Waals surface area contributed by atoms with Crippen LogP contribution in [0.15, 0.2) is 18.5 Å². The number of carbonyl (C=O) groups excluding carboxylic acids is 1. The van der Waals surface area contributed by atoms with Crippen molar-refractivity contribution in [2.24, 2.45) is 0 Å². The second kappa shape index (κ2) is 7.93. The normalized spacial score (nSPS) is 26.9. The lowest BCUT2D eigenvalue weighted by Crippen LogP contribution is -2.46. The van der Waals surface area contributed by atoms with E-state index in [0.717, 1.165) is 38.8 Å². The lowest BCUT2D eigenvalue weighted by Gasteiger charge is -2.34. The van der Waals surface area contributed by atoms with Crippen LogP contribution in [0.3, 0.4) is 0 Å². The summed E-state index contributed by atoms with van der Waals surface area (Å²) < 4.78 is 13.4. The molecule has 128 valence electrons. The number of aromatic nitrogens is 2. The topological polar surface area (TPSA) is 56.6 Å². The molecule has 3 rings (SSSR count). The van der Waals surface area contributed by atoms with Gasteiger partial charge in [0.15, 0.2) is 0 Å². The maximum absolute atomic E-state index is 12.6. The number of nitrogens with zero attached hydrogens (tertiary/aromatic N) is 3. The molecule has 0 N–H and O–H groups in total. The molecule has 2 aliphatic rings. The summed E-state index contributed by atoms with van der Waals surface area (Å²) in [4.78, 5) is 14.5. The van der Waals surface area contributed by atoms with E-state index in [1.807, 2.05) is 28.8 Å². The number of hydrogen-bond donors (Lipinski definition) is 0. The van der Waals surface area contributed by atoms with Crippen LogP contribution in [-0.2, 0) is 14.3 Å². The van der Waals surface area contributed by atoms with Gasteiger partial charge in [0.1, 0.15) is 6.10 Å². The molecule has 6 nitrogen and oxygen atoms in total. The van der Waals surface area contributed by atoms with E-state index in [9.17, 15) is 4.79 Å². The minimum Gasteiger partial charge on any atom is -0.376 e. The SMILES string of the molecule is C[C@H](OC[C@@H]1CCCCO1)C(=O)N1CCC[C@@H](n2cccn2)C1. The zero-order chi connectivity index (χ0) is 16.1. The van der Waals surface area contributed by atoms with Crippen molar-refractivity contribution in [1.82, 2.24) is 14.7 Å². The van der Waals surface area contributed by atoms with Crippen molar-refractivity contribution < 1.29 is 14.3 Å². The van der Waals surface area contributed by atoms with Crippen molar-refractivity contribution in [2.45, 2.75) is 57.3 Å². The lowest BCUT2D eigenvalue weighted by molar-refractivity contribution is -0.147. The van der Waals surface area contributed by atoms with Crippen molar-refractivity contribution in [3.8, 4) is 0 Å². The molecular formula is C17H27N3O3. The molecule has 0 aromatic carbocycles. The molecule has 1 aromatic heterocycles. The van der Waals surface area contributed by atoms with E-state index >= 15 is 0 Å². The molecule has 0 unspecified atom stereocenters. The number of rotatable bonds is 5. The molecule has 0 radical (unpaired) electrons. The van der Waals surface area contributed by atoms with Crippen LogP contribution < -0.4 is 0 Å². The second-order valence-electron chi connectivity index (χ2n) is 6.53. The van der Waals surface area contributed by atoms with Gasteiger partial charge >= 0.3 is 0 Å². The highest BCUT2D eigenvalue weighted by molar-refractivity contribution is 5.80. The third-order valence-electron chi connectivity index (χ3n) is 4.76. The Bertz CT molecular complexity index is 485. The summed E-state index contributed by atoms with van der Waals surface area (Å²) in [6, 6.07) is 2.20. The van der Waals surface area contributed by atoms with E-state index in [4.69, 9.17) is 9.47 Å². The second-order valence-corrected chi connectivity index (χ2v) is 6.53. The Labute approximate surface area is 137 Å². The first-order valence-corrected chi connectivity index (χ1v) is 8.75.